The first-order chi connectivity index (χ1) is 26.1. The minimum absolute atomic E-state index is 0.677. The highest BCUT2D eigenvalue weighted by atomic mass is 14.7. The average Bonchev–Trinajstić information content (AvgIpc) is 3.24. The van der Waals surface area contributed by atoms with Crippen LogP contribution >= 0.6 is 0 Å². The lowest BCUT2D eigenvalue weighted by Crippen LogP contribution is -1.98. The highest BCUT2D eigenvalue weighted by Crippen LogP contribution is 2.38. The second kappa shape index (κ2) is 15.1. The lowest BCUT2D eigenvalue weighted by atomic mass is 9.89. The zero-order chi connectivity index (χ0) is 36.0. The van der Waals surface area contributed by atoms with Gasteiger partial charge in [-0.1, -0.05) is 170 Å². The molecule has 8 aromatic rings. The second-order valence-corrected chi connectivity index (χ2v) is 13.1. The number of nitrogens with zero attached hydrogens (tertiary/aromatic N) is 1. The highest BCUT2D eigenvalue weighted by molar-refractivity contribution is 5.99. The molecule has 0 radical (unpaired) electrons. The predicted molar refractivity (Wildman–Crippen MR) is 226 cm³/mol. The molecule has 2 N–H and O–H groups in total. The third-order valence-corrected chi connectivity index (χ3v) is 9.56. The fraction of sp³-hybridized carbons (Fsp3) is 0. The third kappa shape index (κ3) is 7.39. The van der Waals surface area contributed by atoms with Crippen LogP contribution in [0.15, 0.2) is 213 Å². The van der Waals surface area contributed by atoms with Gasteiger partial charge in [0.2, 0.25) is 0 Å². The van der Waals surface area contributed by atoms with Crippen LogP contribution in [-0.2, 0) is 0 Å². The van der Waals surface area contributed by atoms with E-state index in [1.165, 1.54) is 10.8 Å². The van der Waals surface area contributed by atoms with Crippen LogP contribution in [0.1, 0.15) is 16.7 Å². The summed E-state index contributed by atoms with van der Waals surface area (Å²) in [5.74, 6) is 0. The van der Waals surface area contributed by atoms with E-state index in [-0.39, 0.29) is 0 Å². The molecule has 0 bridgehead atoms. The van der Waals surface area contributed by atoms with Gasteiger partial charge in [-0.05, 0) is 103 Å². The fourth-order valence-electron chi connectivity index (χ4n) is 6.82. The molecule has 0 atom stereocenters. The smallest absolute Gasteiger partial charge is 0.0715 e. The van der Waals surface area contributed by atoms with Crippen LogP contribution in [0.5, 0.6) is 0 Å². The molecule has 53 heavy (non-hydrogen) atoms. The van der Waals surface area contributed by atoms with Crippen molar-refractivity contribution >= 4 is 27.6 Å². The van der Waals surface area contributed by atoms with E-state index in [1.807, 2.05) is 60.7 Å². The molecule has 0 amide bonds. The lowest BCUT2D eigenvalue weighted by molar-refractivity contribution is 1.32. The van der Waals surface area contributed by atoms with E-state index >= 15 is 0 Å². The van der Waals surface area contributed by atoms with Crippen LogP contribution in [0.2, 0.25) is 0 Å². The van der Waals surface area contributed by atoms with Gasteiger partial charge in [-0.25, -0.2) is 4.98 Å². The minimum atomic E-state index is 0.677. The first-order valence-corrected chi connectivity index (χ1v) is 17.8. The molecule has 0 saturated heterocycles. The van der Waals surface area contributed by atoms with Crippen molar-refractivity contribution in [3.05, 3.63) is 230 Å². The Morgan fingerprint density at radius 3 is 1.58 bits per heavy atom. The SMILES string of the molecule is C=C(/C=C(\C=C(/N)c1ccccc1)c1cc(-c2cc(-c3ccccc3)nc(-c3ccccc3)c2)cc(-c2cccc3ccccc23)c1)c1ccccc1. The van der Waals surface area contributed by atoms with Gasteiger partial charge in [0.15, 0.2) is 0 Å². The Labute approximate surface area is 311 Å². The Hall–Kier alpha value is -7.03. The van der Waals surface area contributed by atoms with E-state index in [0.29, 0.717) is 5.70 Å². The predicted octanol–water partition coefficient (Wildman–Crippen LogP) is 13.0. The van der Waals surface area contributed by atoms with E-state index in [4.69, 9.17) is 10.7 Å². The van der Waals surface area contributed by atoms with E-state index in [9.17, 15) is 0 Å². The molecule has 0 saturated carbocycles. The number of fused-ring (bicyclic) bond motifs is 1. The average molecular weight is 679 g/mol. The van der Waals surface area contributed by atoms with Gasteiger partial charge >= 0.3 is 0 Å². The fourth-order valence-corrected chi connectivity index (χ4v) is 6.82. The summed E-state index contributed by atoms with van der Waals surface area (Å²) >= 11 is 0. The van der Waals surface area contributed by atoms with E-state index in [1.54, 1.807) is 0 Å². The zero-order valence-electron chi connectivity index (χ0n) is 29.4. The number of allylic oxidation sites excluding steroid dienone is 4. The number of nitrogens with two attached hydrogens (primary N) is 1. The topological polar surface area (TPSA) is 38.9 Å². The van der Waals surface area contributed by atoms with E-state index in [0.717, 1.165) is 72.6 Å². The molecule has 7 aromatic carbocycles. The Balaban J connectivity index is 1.39. The van der Waals surface area contributed by atoms with Crippen LogP contribution in [0.4, 0.5) is 0 Å². The highest BCUT2D eigenvalue weighted by Gasteiger charge is 2.15. The molecule has 252 valence electrons. The third-order valence-electron chi connectivity index (χ3n) is 9.56. The Kier molecular flexibility index (Phi) is 9.42. The summed E-state index contributed by atoms with van der Waals surface area (Å²) in [4.78, 5) is 5.18. The van der Waals surface area contributed by atoms with Gasteiger partial charge in [0, 0.05) is 16.8 Å². The molecule has 1 aromatic heterocycles. The molecule has 0 fully saturated rings. The molecule has 2 nitrogen and oxygen atoms in total. The van der Waals surface area contributed by atoms with Gasteiger partial charge in [-0.2, -0.15) is 0 Å². The summed E-state index contributed by atoms with van der Waals surface area (Å²) in [6, 6.07) is 67.5. The number of aromatic nitrogens is 1. The number of rotatable bonds is 9. The Bertz CT molecular complexity index is 2540. The Morgan fingerprint density at radius 2 is 0.943 bits per heavy atom. The van der Waals surface area contributed by atoms with Crippen molar-refractivity contribution in [2.24, 2.45) is 5.73 Å². The standard InChI is InChI=1S/C51H38N2/c1-36(37-17-6-2-7-18-37)29-42(33-49(52)39-20-8-3-9-21-39)43-30-44(32-46(31-43)48-28-16-26-38-19-14-15-27-47(38)48)45-34-50(40-22-10-4-11-23-40)53-51(35-45)41-24-12-5-13-25-41/h2-35H,1,52H2/b42-29+,49-33-. The summed E-state index contributed by atoms with van der Waals surface area (Å²) < 4.78 is 0. The molecule has 1 heterocycles. The first kappa shape index (κ1) is 33.1. The molecular weight excluding hydrogens is 641 g/mol. The van der Waals surface area contributed by atoms with Gasteiger partial charge in [0.25, 0.3) is 0 Å². The van der Waals surface area contributed by atoms with Crippen molar-refractivity contribution in [2.45, 2.75) is 0 Å². The largest absolute Gasteiger partial charge is 0.398 e. The maximum atomic E-state index is 6.87. The molecular formula is C51H38N2. The van der Waals surface area contributed by atoms with Crippen molar-refractivity contribution in [1.82, 2.24) is 4.98 Å². The zero-order valence-corrected chi connectivity index (χ0v) is 29.4. The number of pyridine rings is 1. The quantitative estimate of drug-likeness (QED) is 0.154. The van der Waals surface area contributed by atoms with Crippen LogP contribution in [0.3, 0.4) is 0 Å². The lowest BCUT2D eigenvalue weighted by Gasteiger charge is -2.16. The van der Waals surface area contributed by atoms with Gasteiger partial charge in [-0.3, -0.25) is 0 Å². The van der Waals surface area contributed by atoms with Crippen molar-refractivity contribution in [1.29, 1.82) is 0 Å². The van der Waals surface area contributed by atoms with Gasteiger partial charge in [-0.15, -0.1) is 0 Å². The van der Waals surface area contributed by atoms with E-state index < -0.39 is 0 Å². The molecule has 0 aliphatic heterocycles. The number of benzene rings is 7. The van der Waals surface area contributed by atoms with Crippen LogP contribution in [0.25, 0.3) is 72.4 Å². The normalized spacial score (nSPS) is 11.8. The summed E-state index contributed by atoms with van der Waals surface area (Å²) in [7, 11) is 0. The van der Waals surface area contributed by atoms with Gasteiger partial charge in [0.1, 0.15) is 0 Å². The molecule has 0 spiro atoms. The molecule has 2 heteroatoms. The molecule has 0 unspecified atom stereocenters. The van der Waals surface area contributed by atoms with E-state index in [2.05, 4.69) is 152 Å². The van der Waals surface area contributed by atoms with Crippen molar-refractivity contribution < 1.29 is 0 Å². The monoisotopic (exact) mass is 678 g/mol. The number of hydrogen-bond acceptors (Lipinski definition) is 2. The molecule has 0 aliphatic rings. The van der Waals surface area contributed by atoms with Crippen molar-refractivity contribution in [3.63, 3.8) is 0 Å². The summed E-state index contributed by atoms with van der Waals surface area (Å²) in [5, 5.41) is 2.39. The minimum Gasteiger partial charge on any atom is -0.398 e. The second-order valence-electron chi connectivity index (χ2n) is 13.1. The van der Waals surface area contributed by atoms with Crippen LogP contribution < -0.4 is 5.73 Å². The maximum absolute atomic E-state index is 6.87. The Morgan fingerprint density at radius 1 is 0.434 bits per heavy atom. The van der Waals surface area contributed by atoms with Crippen molar-refractivity contribution in [2.75, 3.05) is 0 Å². The summed E-state index contributed by atoms with van der Waals surface area (Å²) in [5.41, 5.74) is 20.8. The van der Waals surface area contributed by atoms with Gasteiger partial charge < -0.3 is 5.73 Å². The van der Waals surface area contributed by atoms with Crippen LogP contribution in [-0.4, -0.2) is 4.98 Å². The molecule has 8 rings (SSSR count). The number of hydrogen-bond donors (Lipinski definition) is 1. The first-order valence-electron chi connectivity index (χ1n) is 17.8. The summed E-state index contributed by atoms with van der Waals surface area (Å²) in [6.07, 6.45) is 4.22. The van der Waals surface area contributed by atoms with Crippen molar-refractivity contribution in [3.8, 4) is 44.8 Å². The molecule has 0 aliphatic carbocycles. The maximum Gasteiger partial charge on any atom is 0.0715 e. The van der Waals surface area contributed by atoms with Gasteiger partial charge in [0.05, 0.1) is 11.4 Å². The summed E-state index contributed by atoms with van der Waals surface area (Å²) in [6.45, 7) is 4.51. The van der Waals surface area contributed by atoms with Crippen LogP contribution in [0, 0.1) is 0 Å².